The summed E-state index contributed by atoms with van der Waals surface area (Å²) in [4.78, 5) is 31.4. The van der Waals surface area contributed by atoms with Gasteiger partial charge >= 0.3 is 12.2 Å². The fraction of sp³-hybridized carbons (Fsp3) is 0.409. The van der Waals surface area contributed by atoms with Crippen molar-refractivity contribution in [3.05, 3.63) is 59.4 Å². The van der Waals surface area contributed by atoms with Crippen molar-refractivity contribution in [2.45, 2.75) is 31.9 Å². The Labute approximate surface area is 175 Å². The number of nitrogens with one attached hydrogen (secondary N) is 1. The van der Waals surface area contributed by atoms with Gasteiger partial charge in [-0.2, -0.15) is 0 Å². The molecule has 8 heteroatoms. The predicted octanol–water partition coefficient (Wildman–Crippen LogP) is 2.67. The lowest BCUT2D eigenvalue weighted by Gasteiger charge is -2.35. The molecule has 2 amide bonds. The lowest BCUT2D eigenvalue weighted by Crippen LogP contribution is -2.48. The molecule has 0 bridgehead atoms. The number of benzene rings is 1. The van der Waals surface area contributed by atoms with E-state index in [-0.39, 0.29) is 12.6 Å². The highest BCUT2D eigenvalue weighted by molar-refractivity contribution is 5.68. The molecule has 30 heavy (non-hydrogen) atoms. The van der Waals surface area contributed by atoms with Crippen LogP contribution in [-0.4, -0.2) is 59.4 Å². The number of piperazine rings is 1. The molecule has 2 aliphatic rings. The van der Waals surface area contributed by atoms with Crippen molar-refractivity contribution in [3.8, 4) is 0 Å². The molecule has 0 spiro atoms. The Morgan fingerprint density at radius 3 is 2.67 bits per heavy atom. The van der Waals surface area contributed by atoms with Crippen LogP contribution in [0.25, 0.3) is 0 Å². The molecule has 1 aliphatic carbocycles. The number of ether oxygens (including phenoxy) is 1. The van der Waals surface area contributed by atoms with Gasteiger partial charge in [0, 0.05) is 44.3 Å². The van der Waals surface area contributed by atoms with Gasteiger partial charge in [-0.25, -0.2) is 9.59 Å². The van der Waals surface area contributed by atoms with E-state index in [4.69, 9.17) is 9.84 Å². The van der Waals surface area contributed by atoms with Crippen molar-refractivity contribution in [1.29, 1.82) is 0 Å². The summed E-state index contributed by atoms with van der Waals surface area (Å²) in [7, 11) is 0. The van der Waals surface area contributed by atoms with Gasteiger partial charge in [-0.05, 0) is 30.0 Å². The topological polar surface area (TPSA) is 95.0 Å². The van der Waals surface area contributed by atoms with Crippen molar-refractivity contribution in [1.82, 2.24) is 15.2 Å². The largest absolute Gasteiger partial charge is 0.465 e. The average Bonchev–Trinajstić information content (AvgIpc) is 2.78. The molecule has 2 N–H and O–H groups in total. The first kappa shape index (κ1) is 20.0. The van der Waals surface area contributed by atoms with E-state index in [1.54, 1.807) is 0 Å². The molecule has 1 aromatic heterocycles. The van der Waals surface area contributed by atoms with E-state index in [1.165, 1.54) is 10.5 Å². The monoisotopic (exact) mass is 410 g/mol. The summed E-state index contributed by atoms with van der Waals surface area (Å²) < 4.78 is 5.32. The summed E-state index contributed by atoms with van der Waals surface area (Å²) in [5.74, 6) is 0. The van der Waals surface area contributed by atoms with Gasteiger partial charge in [-0.15, -0.1) is 0 Å². The second-order valence-electron chi connectivity index (χ2n) is 7.70. The number of anilines is 1. The molecule has 1 fully saturated rings. The zero-order valence-electron chi connectivity index (χ0n) is 16.8. The van der Waals surface area contributed by atoms with Gasteiger partial charge in [-0.3, -0.25) is 4.98 Å². The summed E-state index contributed by atoms with van der Waals surface area (Å²) >= 11 is 0. The van der Waals surface area contributed by atoms with Gasteiger partial charge in [0.15, 0.2) is 0 Å². The van der Waals surface area contributed by atoms with Gasteiger partial charge in [0.25, 0.3) is 0 Å². The highest BCUT2D eigenvalue weighted by atomic mass is 16.5. The van der Waals surface area contributed by atoms with Gasteiger partial charge in [0.2, 0.25) is 0 Å². The van der Waals surface area contributed by atoms with Crippen LogP contribution in [-0.2, 0) is 24.2 Å². The molecule has 8 nitrogen and oxygen atoms in total. The Balaban J connectivity index is 1.29. The number of alkyl carbamates (subject to hydrolysis) is 1. The number of rotatable bonds is 4. The van der Waals surface area contributed by atoms with Crippen LogP contribution < -0.4 is 10.2 Å². The van der Waals surface area contributed by atoms with Crippen molar-refractivity contribution in [2.75, 3.05) is 31.1 Å². The number of pyridine rings is 1. The summed E-state index contributed by atoms with van der Waals surface area (Å²) in [6.45, 7) is 2.61. The predicted molar refractivity (Wildman–Crippen MR) is 112 cm³/mol. The Kier molecular flexibility index (Phi) is 6.02. The third kappa shape index (κ3) is 4.82. The second-order valence-corrected chi connectivity index (χ2v) is 7.70. The van der Waals surface area contributed by atoms with Crippen LogP contribution in [0, 0.1) is 0 Å². The summed E-state index contributed by atoms with van der Waals surface area (Å²) in [5, 5.41) is 12.0. The molecule has 0 unspecified atom stereocenters. The molecule has 4 rings (SSSR count). The van der Waals surface area contributed by atoms with E-state index in [2.05, 4.69) is 21.3 Å². The third-order valence-electron chi connectivity index (χ3n) is 5.70. The molecule has 0 saturated carbocycles. The van der Waals surface area contributed by atoms with Crippen molar-refractivity contribution < 1.29 is 19.4 Å². The fourth-order valence-electron chi connectivity index (χ4n) is 3.98. The third-order valence-corrected chi connectivity index (χ3v) is 5.70. The highest BCUT2D eigenvalue weighted by Crippen LogP contribution is 2.25. The summed E-state index contributed by atoms with van der Waals surface area (Å²) in [5.41, 5.74) is 4.19. The first-order valence-corrected chi connectivity index (χ1v) is 10.3. The smallest absolute Gasteiger partial charge is 0.407 e. The molecule has 2 aromatic rings. The quantitative estimate of drug-likeness (QED) is 0.805. The van der Waals surface area contributed by atoms with E-state index in [0.717, 1.165) is 29.8 Å². The minimum atomic E-state index is -0.862. The molecule has 0 radical (unpaired) electrons. The van der Waals surface area contributed by atoms with Crippen LogP contribution in [0.1, 0.15) is 23.2 Å². The number of amides is 2. The Hall–Kier alpha value is -3.29. The maximum atomic E-state index is 12.1. The second kappa shape index (κ2) is 9.02. The molecular weight excluding hydrogens is 384 g/mol. The molecular formula is C22H26N4O4. The molecule has 1 atom stereocenters. The van der Waals surface area contributed by atoms with Gasteiger partial charge in [0.1, 0.15) is 6.61 Å². The number of fused-ring (bicyclic) bond motifs is 1. The van der Waals surface area contributed by atoms with Crippen LogP contribution >= 0.6 is 0 Å². The SMILES string of the molecule is O=C(N[C@H]1CCc2cc(N3CCN(C(=O)O)CC3)cnc2C1)OCc1ccccc1. The normalized spacial score (nSPS) is 18.5. The van der Waals surface area contributed by atoms with Crippen LogP contribution in [0.5, 0.6) is 0 Å². The Bertz CT molecular complexity index is 897. The maximum Gasteiger partial charge on any atom is 0.407 e. The molecule has 2 heterocycles. The first-order valence-electron chi connectivity index (χ1n) is 10.3. The van der Waals surface area contributed by atoms with E-state index in [0.29, 0.717) is 32.6 Å². The number of hydrogen-bond acceptors (Lipinski definition) is 5. The van der Waals surface area contributed by atoms with Crippen molar-refractivity contribution in [3.63, 3.8) is 0 Å². The number of hydrogen-bond donors (Lipinski definition) is 2. The van der Waals surface area contributed by atoms with Crippen LogP contribution in [0.2, 0.25) is 0 Å². The summed E-state index contributed by atoms with van der Waals surface area (Å²) in [6, 6.07) is 11.8. The van der Waals surface area contributed by atoms with Gasteiger partial charge in [0.05, 0.1) is 11.9 Å². The fourth-order valence-corrected chi connectivity index (χ4v) is 3.98. The summed E-state index contributed by atoms with van der Waals surface area (Å²) in [6.07, 6.45) is 2.95. The number of carboxylic acid groups (broad SMARTS) is 1. The van der Waals surface area contributed by atoms with E-state index < -0.39 is 12.2 Å². The van der Waals surface area contributed by atoms with Crippen LogP contribution in [0.15, 0.2) is 42.6 Å². The van der Waals surface area contributed by atoms with Crippen molar-refractivity contribution in [2.24, 2.45) is 0 Å². The average molecular weight is 410 g/mol. The molecule has 1 aromatic carbocycles. The van der Waals surface area contributed by atoms with Gasteiger partial charge < -0.3 is 25.0 Å². The standard InChI is InChI=1S/C22H26N4O4/c27-21(30-15-16-4-2-1-3-5-16)24-18-7-6-17-12-19(14-23-20(17)13-18)25-8-10-26(11-9-25)22(28)29/h1-5,12,14,18H,6-11,13,15H2,(H,24,27)(H,28,29)/t18-/m0/s1. The Morgan fingerprint density at radius 2 is 1.93 bits per heavy atom. The van der Waals surface area contributed by atoms with Crippen molar-refractivity contribution >= 4 is 17.9 Å². The number of aryl methyl sites for hydroxylation is 1. The molecule has 1 aliphatic heterocycles. The zero-order valence-corrected chi connectivity index (χ0v) is 16.8. The first-order chi connectivity index (χ1) is 14.6. The van der Waals surface area contributed by atoms with E-state index >= 15 is 0 Å². The minimum absolute atomic E-state index is 0.0123. The van der Waals surface area contributed by atoms with Crippen LogP contribution in [0.3, 0.4) is 0 Å². The van der Waals surface area contributed by atoms with Gasteiger partial charge in [-0.1, -0.05) is 30.3 Å². The van der Waals surface area contributed by atoms with E-state index in [1.807, 2.05) is 36.5 Å². The van der Waals surface area contributed by atoms with Crippen LogP contribution in [0.4, 0.5) is 15.3 Å². The minimum Gasteiger partial charge on any atom is -0.465 e. The number of carbonyl (C=O) groups is 2. The lowest BCUT2D eigenvalue weighted by molar-refractivity contribution is 0.134. The lowest BCUT2D eigenvalue weighted by atomic mass is 9.92. The number of carbonyl (C=O) groups excluding carboxylic acids is 1. The number of nitrogens with zero attached hydrogens (tertiary/aromatic N) is 3. The molecule has 1 saturated heterocycles. The zero-order chi connectivity index (χ0) is 20.9. The highest BCUT2D eigenvalue weighted by Gasteiger charge is 2.25. The molecule has 158 valence electrons. The van der Waals surface area contributed by atoms with E-state index in [9.17, 15) is 9.59 Å². The Morgan fingerprint density at radius 1 is 1.17 bits per heavy atom. The maximum absolute atomic E-state index is 12.1. The number of aromatic nitrogens is 1.